The molecule has 2 amide bonds. The Kier molecular flexibility index (Phi) is 5.60. The SMILES string of the molecule is CC1(C)CCC(NC(=O)N[C@H](CCO)C(=O)O)CC1. The van der Waals surface area contributed by atoms with Gasteiger partial charge in [-0.3, -0.25) is 0 Å². The number of hydrogen-bond donors (Lipinski definition) is 4. The van der Waals surface area contributed by atoms with Crippen molar-refractivity contribution in [2.45, 2.75) is 58.0 Å². The minimum Gasteiger partial charge on any atom is -0.480 e. The average molecular weight is 272 g/mol. The van der Waals surface area contributed by atoms with Crippen LogP contribution in [0.3, 0.4) is 0 Å². The Morgan fingerprint density at radius 1 is 1.32 bits per heavy atom. The first-order valence-corrected chi connectivity index (χ1v) is 6.75. The minimum absolute atomic E-state index is 0.0143. The molecule has 0 spiro atoms. The molecule has 1 fully saturated rings. The zero-order valence-electron chi connectivity index (χ0n) is 11.6. The maximum absolute atomic E-state index is 11.7. The molecule has 1 atom stereocenters. The van der Waals surface area contributed by atoms with E-state index in [0.717, 1.165) is 25.7 Å². The third-order valence-electron chi connectivity index (χ3n) is 3.70. The summed E-state index contributed by atoms with van der Waals surface area (Å²) in [5.74, 6) is -1.13. The molecule has 1 aliphatic rings. The van der Waals surface area contributed by atoms with E-state index in [0.29, 0.717) is 5.41 Å². The lowest BCUT2D eigenvalue weighted by Gasteiger charge is -2.34. The normalized spacial score (nSPS) is 20.6. The molecule has 0 aromatic heterocycles. The molecule has 0 aliphatic heterocycles. The molecule has 0 aromatic carbocycles. The summed E-state index contributed by atoms with van der Waals surface area (Å²) in [5.41, 5.74) is 0.329. The molecular weight excluding hydrogens is 248 g/mol. The molecule has 110 valence electrons. The first-order valence-electron chi connectivity index (χ1n) is 6.75. The quantitative estimate of drug-likeness (QED) is 0.602. The van der Waals surface area contributed by atoms with Gasteiger partial charge in [0.25, 0.3) is 0 Å². The fourth-order valence-corrected chi connectivity index (χ4v) is 2.32. The highest BCUT2D eigenvalue weighted by Gasteiger charge is 2.28. The van der Waals surface area contributed by atoms with E-state index in [-0.39, 0.29) is 19.1 Å². The van der Waals surface area contributed by atoms with Gasteiger partial charge in [0.15, 0.2) is 0 Å². The molecule has 19 heavy (non-hydrogen) atoms. The van der Waals surface area contributed by atoms with Gasteiger partial charge in [0.2, 0.25) is 0 Å². The van der Waals surface area contributed by atoms with E-state index in [1.165, 1.54) is 0 Å². The summed E-state index contributed by atoms with van der Waals surface area (Å²) < 4.78 is 0. The van der Waals surface area contributed by atoms with Crippen molar-refractivity contribution >= 4 is 12.0 Å². The second kappa shape index (κ2) is 6.75. The summed E-state index contributed by atoms with van der Waals surface area (Å²) in [4.78, 5) is 22.5. The highest BCUT2D eigenvalue weighted by Crippen LogP contribution is 2.34. The fraction of sp³-hybridized carbons (Fsp3) is 0.846. The van der Waals surface area contributed by atoms with Crippen molar-refractivity contribution in [1.29, 1.82) is 0 Å². The van der Waals surface area contributed by atoms with Gasteiger partial charge in [-0.2, -0.15) is 0 Å². The standard InChI is InChI=1S/C13H24N2O4/c1-13(2)6-3-9(4-7-13)14-12(19)15-10(5-8-16)11(17)18/h9-10,16H,3-8H2,1-2H3,(H,17,18)(H2,14,15,19)/t10-/m1/s1. The number of rotatable bonds is 5. The molecule has 0 heterocycles. The number of amides is 2. The Morgan fingerprint density at radius 3 is 2.37 bits per heavy atom. The van der Waals surface area contributed by atoms with E-state index >= 15 is 0 Å². The van der Waals surface area contributed by atoms with E-state index in [2.05, 4.69) is 24.5 Å². The second-order valence-corrected chi connectivity index (χ2v) is 5.96. The maximum atomic E-state index is 11.7. The second-order valence-electron chi connectivity index (χ2n) is 5.96. The Hall–Kier alpha value is -1.30. The number of carbonyl (C=O) groups excluding carboxylic acids is 1. The van der Waals surface area contributed by atoms with Crippen molar-refractivity contribution in [3.05, 3.63) is 0 Å². The number of carboxylic acid groups (broad SMARTS) is 1. The van der Waals surface area contributed by atoms with Gasteiger partial charge in [-0.25, -0.2) is 9.59 Å². The van der Waals surface area contributed by atoms with Crippen LogP contribution in [0.2, 0.25) is 0 Å². The molecular formula is C13H24N2O4. The number of nitrogens with one attached hydrogen (secondary N) is 2. The van der Waals surface area contributed by atoms with Gasteiger partial charge in [0.1, 0.15) is 6.04 Å². The van der Waals surface area contributed by atoms with Crippen molar-refractivity contribution < 1.29 is 19.8 Å². The van der Waals surface area contributed by atoms with E-state index in [1.807, 2.05) is 0 Å². The molecule has 0 saturated heterocycles. The number of aliphatic hydroxyl groups excluding tert-OH is 1. The molecule has 0 aromatic rings. The topological polar surface area (TPSA) is 98.7 Å². The molecule has 6 nitrogen and oxygen atoms in total. The van der Waals surface area contributed by atoms with Crippen LogP contribution in [0.15, 0.2) is 0 Å². The van der Waals surface area contributed by atoms with E-state index in [4.69, 9.17) is 10.2 Å². The van der Waals surface area contributed by atoms with Gasteiger partial charge in [-0.1, -0.05) is 13.8 Å². The lowest BCUT2D eigenvalue weighted by Crippen LogP contribution is -2.50. The summed E-state index contributed by atoms with van der Waals surface area (Å²) in [6.07, 6.45) is 3.95. The van der Waals surface area contributed by atoms with Crippen LogP contribution in [-0.4, -0.2) is 40.9 Å². The summed E-state index contributed by atoms with van der Waals surface area (Å²) in [5, 5.41) is 22.8. The summed E-state index contributed by atoms with van der Waals surface area (Å²) in [6.45, 7) is 4.16. The lowest BCUT2D eigenvalue weighted by molar-refractivity contribution is -0.139. The smallest absolute Gasteiger partial charge is 0.326 e. The summed E-state index contributed by atoms with van der Waals surface area (Å²) >= 11 is 0. The molecule has 4 N–H and O–H groups in total. The Bertz CT molecular complexity index is 321. The average Bonchev–Trinajstić information content (AvgIpc) is 2.31. The largest absolute Gasteiger partial charge is 0.480 e. The predicted molar refractivity (Wildman–Crippen MR) is 70.8 cm³/mol. The third kappa shape index (κ3) is 5.46. The van der Waals surface area contributed by atoms with Crippen LogP contribution < -0.4 is 10.6 Å². The van der Waals surface area contributed by atoms with Crippen LogP contribution in [0.4, 0.5) is 4.79 Å². The van der Waals surface area contributed by atoms with Gasteiger partial charge < -0.3 is 20.8 Å². The van der Waals surface area contributed by atoms with Crippen LogP contribution in [0, 0.1) is 5.41 Å². The monoisotopic (exact) mass is 272 g/mol. The van der Waals surface area contributed by atoms with Crippen molar-refractivity contribution in [2.24, 2.45) is 5.41 Å². The summed E-state index contributed by atoms with van der Waals surface area (Å²) in [7, 11) is 0. The molecule has 0 bridgehead atoms. The Balaban J connectivity index is 2.37. The Labute approximate surface area is 113 Å². The van der Waals surface area contributed by atoms with Crippen LogP contribution in [0.5, 0.6) is 0 Å². The molecule has 1 rings (SSSR count). The van der Waals surface area contributed by atoms with Crippen molar-refractivity contribution in [2.75, 3.05) is 6.61 Å². The van der Waals surface area contributed by atoms with Crippen LogP contribution >= 0.6 is 0 Å². The third-order valence-corrected chi connectivity index (χ3v) is 3.70. The number of carboxylic acids is 1. The molecule has 1 saturated carbocycles. The van der Waals surface area contributed by atoms with Gasteiger partial charge in [0, 0.05) is 19.1 Å². The molecule has 6 heteroatoms. The van der Waals surface area contributed by atoms with Gasteiger partial charge in [-0.05, 0) is 31.1 Å². The van der Waals surface area contributed by atoms with Crippen LogP contribution in [0.25, 0.3) is 0 Å². The zero-order valence-corrected chi connectivity index (χ0v) is 11.6. The van der Waals surface area contributed by atoms with Crippen LogP contribution in [0.1, 0.15) is 46.0 Å². The van der Waals surface area contributed by atoms with E-state index in [1.54, 1.807) is 0 Å². The van der Waals surface area contributed by atoms with Crippen molar-refractivity contribution in [3.8, 4) is 0 Å². The highest BCUT2D eigenvalue weighted by molar-refractivity contribution is 5.82. The number of aliphatic carboxylic acids is 1. The van der Waals surface area contributed by atoms with Gasteiger partial charge >= 0.3 is 12.0 Å². The van der Waals surface area contributed by atoms with Gasteiger partial charge in [-0.15, -0.1) is 0 Å². The number of aliphatic hydroxyl groups is 1. The Morgan fingerprint density at radius 2 is 1.89 bits per heavy atom. The van der Waals surface area contributed by atoms with E-state index in [9.17, 15) is 9.59 Å². The molecule has 1 aliphatic carbocycles. The zero-order chi connectivity index (χ0) is 14.5. The first-order chi connectivity index (χ1) is 8.84. The number of hydrogen-bond acceptors (Lipinski definition) is 3. The first kappa shape index (κ1) is 15.8. The minimum atomic E-state index is -1.13. The maximum Gasteiger partial charge on any atom is 0.326 e. The van der Waals surface area contributed by atoms with Gasteiger partial charge in [0.05, 0.1) is 0 Å². The summed E-state index contributed by atoms with van der Waals surface area (Å²) in [6, 6.07) is -1.40. The number of urea groups is 1. The van der Waals surface area contributed by atoms with Crippen LogP contribution in [-0.2, 0) is 4.79 Å². The molecule has 0 unspecified atom stereocenters. The molecule has 0 radical (unpaired) electrons. The lowest BCUT2D eigenvalue weighted by atomic mass is 9.76. The van der Waals surface area contributed by atoms with Crippen molar-refractivity contribution in [1.82, 2.24) is 10.6 Å². The fourth-order valence-electron chi connectivity index (χ4n) is 2.32. The number of carbonyl (C=O) groups is 2. The predicted octanol–water partition coefficient (Wildman–Crippen LogP) is 1.09. The van der Waals surface area contributed by atoms with E-state index < -0.39 is 18.0 Å². The van der Waals surface area contributed by atoms with Crippen molar-refractivity contribution in [3.63, 3.8) is 0 Å². The highest BCUT2D eigenvalue weighted by atomic mass is 16.4.